The van der Waals surface area contributed by atoms with Gasteiger partial charge in [-0.05, 0) is 24.5 Å². The molecule has 2 heterocycles. The quantitative estimate of drug-likeness (QED) is 0.712. The summed E-state index contributed by atoms with van der Waals surface area (Å²) >= 11 is 0. The number of rotatable bonds is 2. The first kappa shape index (κ1) is 9.19. The smallest absolute Gasteiger partial charge is 0.228 e. The molecule has 0 aromatic carbocycles. The van der Waals surface area contributed by atoms with Crippen LogP contribution in [0.5, 0.6) is 0 Å². The molecule has 0 aliphatic carbocycles. The molecule has 1 aromatic rings. The lowest BCUT2D eigenvalue weighted by molar-refractivity contribution is -0.117. The van der Waals surface area contributed by atoms with E-state index < -0.39 is 0 Å². The Labute approximate surface area is 83.8 Å². The van der Waals surface area contributed by atoms with E-state index in [9.17, 15) is 4.79 Å². The summed E-state index contributed by atoms with van der Waals surface area (Å²) in [5.41, 5.74) is 1.21. The van der Waals surface area contributed by atoms with Crippen LogP contribution < -0.4 is 4.90 Å². The van der Waals surface area contributed by atoms with E-state index >= 15 is 0 Å². The number of hydrogen-bond donors (Lipinski definition) is 0. The lowest BCUT2D eigenvalue weighted by Crippen LogP contribution is -2.24. The number of amides is 1. The second kappa shape index (κ2) is 3.78. The van der Waals surface area contributed by atoms with Crippen LogP contribution in [0.3, 0.4) is 0 Å². The van der Waals surface area contributed by atoms with Crippen molar-refractivity contribution in [2.24, 2.45) is 0 Å². The molecule has 74 valence electrons. The molecule has 1 aromatic heterocycles. The number of aromatic nitrogens is 1. The van der Waals surface area contributed by atoms with Gasteiger partial charge in [0.2, 0.25) is 5.91 Å². The molecule has 0 unspecified atom stereocenters. The third-order valence-corrected chi connectivity index (χ3v) is 2.57. The number of hydrogen-bond acceptors (Lipinski definition) is 2. The van der Waals surface area contributed by atoms with E-state index in [0.29, 0.717) is 6.42 Å². The predicted octanol–water partition coefficient (Wildman–Crippen LogP) is 1.77. The molecule has 3 heteroatoms. The lowest BCUT2D eigenvalue weighted by atomic mass is 10.2. The fourth-order valence-corrected chi connectivity index (χ4v) is 1.68. The molecule has 0 atom stereocenters. The molecule has 0 saturated carbocycles. The molecule has 2 rings (SSSR count). The maximum absolute atomic E-state index is 11.4. The van der Waals surface area contributed by atoms with Crippen molar-refractivity contribution < 1.29 is 4.79 Å². The Morgan fingerprint density at radius 1 is 1.50 bits per heavy atom. The summed E-state index contributed by atoms with van der Waals surface area (Å²) in [5.74, 6) is 0.992. The van der Waals surface area contributed by atoms with Crippen LogP contribution in [0.25, 0.3) is 0 Å². The van der Waals surface area contributed by atoms with Crippen molar-refractivity contribution in [2.45, 2.75) is 26.2 Å². The van der Waals surface area contributed by atoms with E-state index in [2.05, 4.69) is 11.9 Å². The highest BCUT2D eigenvalue weighted by Gasteiger charge is 2.22. The van der Waals surface area contributed by atoms with Gasteiger partial charge in [-0.3, -0.25) is 9.69 Å². The molecule has 1 fully saturated rings. The molecule has 0 bridgehead atoms. The lowest BCUT2D eigenvalue weighted by Gasteiger charge is -2.14. The number of aryl methyl sites for hydroxylation is 1. The maximum atomic E-state index is 11.4. The molecule has 1 aliphatic rings. The summed E-state index contributed by atoms with van der Waals surface area (Å²) in [5, 5.41) is 0. The molecule has 0 spiro atoms. The zero-order valence-corrected chi connectivity index (χ0v) is 8.36. The van der Waals surface area contributed by atoms with Crippen LogP contribution in [0.4, 0.5) is 5.82 Å². The summed E-state index contributed by atoms with van der Waals surface area (Å²) in [6.45, 7) is 2.91. The number of anilines is 1. The second-order valence-electron chi connectivity index (χ2n) is 3.53. The molecular weight excluding hydrogens is 176 g/mol. The van der Waals surface area contributed by atoms with Crippen LogP contribution in [0, 0.1) is 0 Å². The summed E-state index contributed by atoms with van der Waals surface area (Å²) in [4.78, 5) is 17.5. The van der Waals surface area contributed by atoms with E-state index in [1.54, 1.807) is 4.90 Å². The number of carbonyl (C=O) groups is 1. The number of carbonyl (C=O) groups excluding carboxylic acids is 1. The zero-order valence-electron chi connectivity index (χ0n) is 8.36. The van der Waals surface area contributed by atoms with Crippen molar-refractivity contribution in [3.63, 3.8) is 0 Å². The van der Waals surface area contributed by atoms with Crippen LogP contribution in [-0.4, -0.2) is 17.4 Å². The Hall–Kier alpha value is -1.38. The largest absolute Gasteiger partial charge is 0.297 e. The average molecular weight is 190 g/mol. The Balaban J connectivity index is 2.20. The fraction of sp³-hybridized carbons (Fsp3) is 0.455. The highest BCUT2D eigenvalue weighted by Crippen LogP contribution is 2.18. The van der Waals surface area contributed by atoms with E-state index in [-0.39, 0.29) is 5.91 Å². The zero-order chi connectivity index (χ0) is 9.97. The van der Waals surface area contributed by atoms with Crippen LogP contribution in [0.1, 0.15) is 25.3 Å². The SMILES string of the molecule is CCc1ccc(N2CCCC2=O)nc1. The van der Waals surface area contributed by atoms with Crippen molar-refractivity contribution in [3.05, 3.63) is 23.9 Å². The van der Waals surface area contributed by atoms with Gasteiger partial charge < -0.3 is 0 Å². The Kier molecular flexibility index (Phi) is 2.48. The molecule has 1 amide bonds. The van der Waals surface area contributed by atoms with Crippen molar-refractivity contribution in [1.29, 1.82) is 0 Å². The van der Waals surface area contributed by atoms with Crippen LogP contribution in [-0.2, 0) is 11.2 Å². The fourth-order valence-electron chi connectivity index (χ4n) is 1.68. The average Bonchev–Trinajstić information content (AvgIpc) is 2.65. The molecule has 0 radical (unpaired) electrons. The van der Waals surface area contributed by atoms with Gasteiger partial charge in [-0.2, -0.15) is 0 Å². The topological polar surface area (TPSA) is 33.2 Å². The van der Waals surface area contributed by atoms with Gasteiger partial charge in [0.15, 0.2) is 0 Å². The predicted molar refractivity (Wildman–Crippen MR) is 55.2 cm³/mol. The van der Waals surface area contributed by atoms with Gasteiger partial charge in [0, 0.05) is 19.2 Å². The van der Waals surface area contributed by atoms with E-state index in [0.717, 1.165) is 25.2 Å². The highest BCUT2D eigenvalue weighted by atomic mass is 16.2. The number of pyridine rings is 1. The van der Waals surface area contributed by atoms with Crippen molar-refractivity contribution in [3.8, 4) is 0 Å². The molecule has 1 saturated heterocycles. The summed E-state index contributed by atoms with van der Waals surface area (Å²) in [6.07, 6.45) is 4.45. The minimum atomic E-state index is 0.196. The first-order valence-electron chi connectivity index (χ1n) is 5.06. The first-order valence-corrected chi connectivity index (χ1v) is 5.06. The van der Waals surface area contributed by atoms with E-state index in [1.807, 2.05) is 18.3 Å². The normalized spacial score (nSPS) is 16.4. The second-order valence-corrected chi connectivity index (χ2v) is 3.53. The van der Waals surface area contributed by atoms with Gasteiger partial charge in [0.1, 0.15) is 5.82 Å². The Morgan fingerprint density at radius 2 is 2.36 bits per heavy atom. The minimum Gasteiger partial charge on any atom is -0.297 e. The van der Waals surface area contributed by atoms with Crippen molar-refractivity contribution >= 4 is 11.7 Å². The van der Waals surface area contributed by atoms with Crippen LogP contribution in [0.2, 0.25) is 0 Å². The highest BCUT2D eigenvalue weighted by molar-refractivity contribution is 5.94. The van der Waals surface area contributed by atoms with Gasteiger partial charge in [0.25, 0.3) is 0 Å². The van der Waals surface area contributed by atoms with Crippen molar-refractivity contribution in [2.75, 3.05) is 11.4 Å². The minimum absolute atomic E-state index is 0.196. The Bertz CT molecular complexity index is 332. The van der Waals surface area contributed by atoms with Crippen LogP contribution >= 0.6 is 0 Å². The van der Waals surface area contributed by atoms with Gasteiger partial charge >= 0.3 is 0 Å². The van der Waals surface area contributed by atoms with Gasteiger partial charge in [-0.25, -0.2) is 4.98 Å². The monoisotopic (exact) mass is 190 g/mol. The van der Waals surface area contributed by atoms with Gasteiger partial charge in [0.05, 0.1) is 0 Å². The van der Waals surface area contributed by atoms with Crippen LogP contribution in [0.15, 0.2) is 18.3 Å². The molecular formula is C11H14N2O. The maximum Gasteiger partial charge on any atom is 0.228 e. The molecule has 0 N–H and O–H groups in total. The summed E-state index contributed by atoms with van der Waals surface area (Å²) in [6, 6.07) is 3.97. The van der Waals surface area contributed by atoms with E-state index in [4.69, 9.17) is 0 Å². The molecule has 14 heavy (non-hydrogen) atoms. The third-order valence-electron chi connectivity index (χ3n) is 2.57. The molecule has 3 nitrogen and oxygen atoms in total. The summed E-state index contributed by atoms with van der Waals surface area (Å²) < 4.78 is 0. The third kappa shape index (κ3) is 1.62. The molecule has 1 aliphatic heterocycles. The van der Waals surface area contributed by atoms with Crippen molar-refractivity contribution in [1.82, 2.24) is 4.98 Å². The van der Waals surface area contributed by atoms with Gasteiger partial charge in [-0.1, -0.05) is 13.0 Å². The summed E-state index contributed by atoms with van der Waals surface area (Å²) in [7, 11) is 0. The van der Waals surface area contributed by atoms with E-state index in [1.165, 1.54) is 5.56 Å². The standard InChI is InChI=1S/C11H14N2O/c1-2-9-5-6-10(12-8-9)13-7-3-4-11(13)14/h5-6,8H,2-4,7H2,1H3. The Morgan fingerprint density at radius 3 is 2.86 bits per heavy atom. The first-order chi connectivity index (χ1) is 6.81. The number of nitrogens with zero attached hydrogens (tertiary/aromatic N) is 2. The van der Waals surface area contributed by atoms with Gasteiger partial charge in [-0.15, -0.1) is 0 Å².